The van der Waals surface area contributed by atoms with Crippen molar-refractivity contribution in [1.29, 1.82) is 0 Å². The van der Waals surface area contributed by atoms with E-state index < -0.39 is 10.4 Å². The minimum Gasteiger partial charge on any atom is -0.725 e. The van der Waals surface area contributed by atoms with Crippen molar-refractivity contribution in [1.82, 2.24) is 0 Å². The molecule has 0 unspecified atom stereocenters. The second-order valence-corrected chi connectivity index (χ2v) is 4.29. The summed E-state index contributed by atoms with van der Waals surface area (Å²) in [5, 5.41) is 0. The molecule has 0 N–H and O–H groups in total. The summed E-state index contributed by atoms with van der Waals surface area (Å²) < 4.78 is 34.4. The van der Waals surface area contributed by atoms with Crippen LogP contribution in [0.5, 0.6) is 0 Å². The smallest absolute Gasteiger partial charge is 0.725 e. The number of rotatable bonds is 3. The molecular weight excluding hydrogens is 235 g/mol. The Morgan fingerprint density at radius 1 is 1.36 bits per heavy atom. The third-order valence-electron chi connectivity index (χ3n) is 1.30. The van der Waals surface area contributed by atoms with Gasteiger partial charge in [0.1, 0.15) is 0 Å². The molecule has 72 valence electrons. The van der Waals surface area contributed by atoms with Gasteiger partial charge in [0.25, 0.3) is 0 Å². The number of hydrogen-bond acceptors (Lipinski definition) is 5. The second-order valence-electron chi connectivity index (χ2n) is 2.33. The third-order valence-corrected chi connectivity index (χ3v) is 2.88. The Labute approximate surface area is 109 Å². The SMILES string of the molecule is Cc1ccccc1SOS(=O)(=O)[O-].[Na+]. The van der Waals surface area contributed by atoms with Crippen molar-refractivity contribution in [2.75, 3.05) is 0 Å². The summed E-state index contributed by atoms with van der Waals surface area (Å²) in [6.07, 6.45) is 0. The van der Waals surface area contributed by atoms with Crippen LogP contribution in [0.2, 0.25) is 0 Å². The molecule has 4 nitrogen and oxygen atoms in total. The number of hydrogen-bond donors (Lipinski definition) is 0. The molecule has 0 heterocycles. The zero-order chi connectivity index (χ0) is 9.90. The van der Waals surface area contributed by atoms with Gasteiger partial charge < -0.3 is 4.55 Å². The van der Waals surface area contributed by atoms with Crippen molar-refractivity contribution in [2.24, 2.45) is 0 Å². The molecule has 0 amide bonds. The van der Waals surface area contributed by atoms with Crippen molar-refractivity contribution in [3.8, 4) is 0 Å². The minimum atomic E-state index is -4.63. The summed E-state index contributed by atoms with van der Waals surface area (Å²) in [5.41, 5.74) is 0.858. The van der Waals surface area contributed by atoms with E-state index in [2.05, 4.69) is 3.63 Å². The summed E-state index contributed by atoms with van der Waals surface area (Å²) >= 11 is 0.554. The summed E-state index contributed by atoms with van der Waals surface area (Å²) in [6, 6.07) is 7.01. The monoisotopic (exact) mass is 242 g/mol. The molecule has 7 heteroatoms. The van der Waals surface area contributed by atoms with Gasteiger partial charge in [0.15, 0.2) is 0 Å². The third kappa shape index (κ3) is 5.35. The van der Waals surface area contributed by atoms with E-state index in [4.69, 9.17) is 0 Å². The molecule has 0 aliphatic carbocycles. The predicted octanol–water partition coefficient (Wildman–Crippen LogP) is -1.52. The molecule has 0 saturated heterocycles. The van der Waals surface area contributed by atoms with Gasteiger partial charge in [0.2, 0.25) is 10.4 Å². The molecule has 0 aliphatic heterocycles. The molecule has 0 radical (unpaired) electrons. The van der Waals surface area contributed by atoms with Crippen LogP contribution in [0.1, 0.15) is 5.56 Å². The van der Waals surface area contributed by atoms with Crippen LogP contribution in [0.25, 0.3) is 0 Å². The maximum absolute atomic E-state index is 10.1. The van der Waals surface area contributed by atoms with Gasteiger partial charge in [-0.15, -0.1) is 0 Å². The topological polar surface area (TPSA) is 66.4 Å². The van der Waals surface area contributed by atoms with Crippen LogP contribution in [0, 0.1) is 6.92 Å². The van der Waals surface area contributed by atoms with Gasteiger partial charge in [0, 0.05) is 16.9 Å². The van der Waals surface area contributed by atoms with Crippen LogP contribution >= 0.6 is 12.0 Å². The van der Waals surface area contributed by atoms with Gasteiger partial charge >= 0.3 is 29.6 Å². The first-order valence-electron chi connectivity index (χ1n) is 3.36. The van der Waals surface area contributed by atoms with Crippen molar-refractivity contribution >= 4 is 22.4 Å². The Hall–Kier alpha value is 0.440. The predicted molar refractivity (Wildman–Crippen MR) is 47.8 cm³/mol. The van der Waals surface area contributed by atoms with Crippen LogP contribution < -0.4 is 29.6 Å². The molecule has 0 saturated carbocycles. The van der Waals surface area contributed by atoms with Crippen LogP contribution in [0.15, 0.2) is 29.2 Å². The fourth-order valence-corrected chi connectivity index (χ4v) is 1.69. The Bertz CT molecular complexity index is 390. The van der Waals surface area contributed by atoms with Gasteiger partial charge in [-0.25, -0.2) is 12.0 Å². The molecule has 1 aromatic carbocycles. The zero-order valence-corrected chi connectivity index (χ0v) is 11.4. The van der Waals surface area contributed by atoms with E-state index >= 15 is 0 Å². The molecule has 0 fully saturated rings. The van der Waals surface area contributed by atoms with Crippen molar-refractivity contribution in [2.45, 2.75) is 11.8 Å². The average Bonchev–Trinajstić information content (AvgIpc) is 2.01. The summed E-state index contributed by atoms with van der Waals surface area (Å²) in [7, 11) is -4.63. The molecule has 1 aromatic rings. The standard InChI is InChI=1S/C7H8O4S2.Na/c1-6-4-2-3-5-7(6)12-11-13(8,9)10;/h2-5H,1H3,(H,8,9,10);/q;+1/p-1. The Morgan fingerprint density at radius 2 is 1.93 bits per heavy atom. The Balaban J connectivity index is 0.00000169. The van der Waals surface area contributed by atoms with E-state index in [-0.39, 0.29) is 29.6 Å². The van der Waals surface area contributed by atoms with E-state index in [0.29, 0.717) is 16.9 Å². The van der Waals surface area contributed by atoms with E-state index in [1.54, 1.807) is 25.1 Å². The molecular formula is C7H7NaO4S2. The van der Waals surface area contributed by atoms with E-state index in [9.17, 15) is 13.0 Å². The average molecular weight is 242 g/mol. The van der Waals surface area contributed by atoms with E-state index in [1.165, 1.54) is 0 Å². The molecule has 1 rings (SSSR count). The zero-order valence-electron chi connectivity index (χ0n) is 7.76. The van der Waals surface area contributed by atoms with E-state index in [0.717, 1.165) is 5.56 Å². The second kappa shape index (κ2) is 6.12. The van der Waals surface area contributed by atoms with Crippen molar-refractivity contribution in [3.63, 3.8) is 0 Å². The van der Waals surface area contributed by atoms with Crippen LogP contribution in [0.3, 0.4) is 0 Å². The van der Waals surface area contributed by atoms with Gasteiger partial charge in [-0.05, 0) is 18.6 Å². The molecule has 0 atom stereocenters. The first-order valence-corrected chi connectivity index (χ1v) is 5.44. The quantitative estimate of drug-likeness (QED) is 0.279. The van der Waals surface area contributed by atoms with Crippen LogP contribution in [-0.2, 0) is 14.0 Å². The molecule has 0 aliphatic rings. The summed E-state index contributed by atoms with van der Waals surface area (Å²) in [6.45, 7) is 1.79. The first-order chi connectivity index (χ1) is 5.99. The maximum Gasteiger partial charge on any atom is 1.00 e. The maximum atomic E-state index is 10.1. The van der Waals surface area contributed by atoms with Gasteiger partial charge in [0.05, 0.1) is 0 Å². The fraction of sp³-hybridized carbons (Fsp3) is 0.143. The molecule has 14 heavy (non-hydrogen) atoms. The van der Waals surface area contributed by atoms with Crippen molar-refractivity contribution < 1.29 is 46.2 Å². The summed E-state index contributed by atoms with van der Waals surface area (Å²) in [5.74, 6) is 0. The summed E-state index contributed by atoms with van der Waals surface area (Å²) in [4.78, 5) is 0.613. The fourth-order valence-electron chi connectivity index (χ4n) is 0.728. The van der Waals surface area contributed by atoms with Crippen molar-refractivity contribution in [3.05, 3.63) is 29.8 Å². The molecule has 0 bridgehead atoms. The van der Waals surface area contributed by atoms with Gasteiger partial charge in [-0.1, -0.05) is 18.2 Å². The van der Waals surface area contributed by atoms with Crippen LogP contribution in [-0.4, -0.2) is 13.0 Å². The first kappa shape index (κ1) is 14.4. The molecule has 0 aromatic heterocycles. The minimum absolute atomic E-state index is 0. The Morgan fingerprint density at radius 3 is 2.43 bits per heavy atom. The number of aryl methyl sites for hydroxylation is 1. The van der Waals surface area contributed by atoms with E-state index in [1.807, 2.05) is 6.07 Å². The van der Waals surface area contributed by atoms with Crippen LogP contribution in [0.4, 0.5) is 0 Å². The molecule has 0 spiro atoms. The Kier molecular flexibility index (Phi) is 6.31. The normalized spacial score (nSPS) is 10.7. The van der Waals surface area contributed by atoms with Gasteiger partial charge in [-0.3, -0.25) is 0 Å². The van der Waals surface area contributed by atoms with Gasteiger partial charge in [-0.2, -0.15) is 0 Å². The number of benzene rings is 1. The largest absolute Gasteiger partial charge is 1.00 e.